The highest BCUT2D eigenvalue weighted by Gasteiger charge is 2.08. The van der Waals surface area contributed by atoms with Gasteiger partial charge in [-0.15, -0.1) is 11.3 Å². The Bertz CT molecular complexity index is 476. The van der Waals surface area contributed by atoms with Gasteiger partial charge in [0.25, 0.3) is 0 Å². The predicted molar refractivity (Wildman–Crippen MR) is 80.8 cm³/mol. The molecule has 0 saturated carbocycles. The zero-order valence-corrected chi connectivity index (χ0v) is 12.4. The zero-order valence-electron chi connectivity index (χ0n) is 10.1. The van der Waals surface area contributed by atoms with Gasteiger partial charge < -0.3 is 5.32 Å². The molecule has 0 radical (unpaired) electrons. The van der Waals surface area contributed by atoms with E-state index in [-0.39, 0.29) is 0 Å². The second-order valence-electron chi connectivity index (χ2n) is 4.27. The fraction of sp³-hybridized carbons (Fsp3) is 0.286. The quantitative estimate of drug-likeness (QED) is 0.838. The fourth-order valence-corrected chi connectivity index (χ4v) is 3.15. The molecule has 1 aromatic carbocycles. The van der Waals surface area contributed by atoms with Gasteiger partial charge in [0.15, 0.2) is 0 Å². The molecule has 0 aliphatic heterocycles. The van der Waals surface area contributed by atoms with Crippen molar-refractivity contribution in [1.82, 2.24) is 5.32 Å². The molecule has 1 heterocycles. The molecule has 2 aromatic rings. The van der Waals surface area contributed by atoms with Crippen LogP contribution in [0.3, 0.4) is 0 Å². The molecule has 1 nitrogen and oxygen atoms in total. The third kappa shape index (κ3) is 3.72. The van der Waals surface area contributed by atoms with Crippen LogP contribution in [0.2, 0.25) is 10.0 Å². The van der Waals surface area contributed by atoms with Gasteiger partial charge in [0, 0.05) is 33.1 Å². The van der Waals surface area contributed by atoms with E-state index in [1.165, 1.54) is 4.88 Å². The van der Waals surface area contributed by atoms with Crippen LogP contribution in [0, 0.1) is 0 Å². The Hall–Kier alpha value is -0.540. The van der Waals surface area contributed by atoms with Crippen LogP contribution in [0.15, 0.2) is 35.7 Å². The molecular weight excluding hydrogens is 285 g/mol. The van der Waals surface area contributed by atoms with E-state index >= 15 is 0 Å². The monoisotopic (exact) mass is 299 g/mol. The highest BCUT2D eigenvalue weighted by atomic mass is 35.5. The molecule has 1 N–H and O–H groups in total. The van der Waals surface area contributed by atoms with Crippen molar-refractivity contribution >= 4 is 34.5 Å². The molecule has 0 amide bonds. The van der Waals surface area contributed by atoms with Crippen LogP contribution in [0.25, 0.3) is 0 Å². The molecule has 0 aliphatic carbocycles. The topological polar surface area (TPSA) is 12.0 Å². The maximum absolute atomic E-state index is 6.13. The average molecular weight is 300 g/mol. The standard InChI is InChI=1S/C14H15Cl2NS/c1-10(8-11-4-3-7-18-11)17-9-12-13(15)5-2-6-14(12)16/h2-7,10,17H,8-9H2,1H3. The van der Waals surface area contributed by atoms with Crippen molar-refractivity contribution in [3.63, 3.8) is 0 Å². The van der Waals surface area contributed by atoms with E-state index in [0.717, 1.165) is 22.0 Å². The number of benzene rings is 1. The summed E-state index contributed by atoms with van der Waals surface area (Å²) in [5.74, 6) is 0. The number of hydrogen-bond donors (Lipinski definition) is 1. The van der Waals surface area contributed by atoms with Gasteiger partial charge >= 0.3 is 0 Å². The average Bonchev–Trinajstić information content (AvgIpc) is 2.81. The number of rotatable bonds is 5. The minimum atomic E-state index is 0.399. The van der Waals surface area contributed by atoms with Crippen LogP contribution in [0.4, 0.5) is 0 Å². The number of thiophene rings is 1. The van der Waals surface area contributed by atoms with E-state index in [1.54, 1.807) is 11.3 Å². The first kappa shape index (κ1) is 13.9. The van der Waals surface area contributed by atoms with Crippen molar-refractivity contribution in [3.8, 4) is 0 Å². The lowest BCUT2D eigenvalue weighted by Gasteiger charge is -2.14. The number of halogens is 2. The summed E-state index contributed by atoms with van der Waals surface area (Å²) < 4.78 is 0. The van der Waals surface area contributed by atoms with Gasteiger partial charge in [-0.2, -0.15) is 0 Å². The summed E-state index contributed by atoms with van der Waals surface area (Å²) in [5.41, 5.74) is 0.971. The van der Waals surface area contributed by atoms with E-state index in [2.05, 4.69) is 29.8 Å². The van der Waals surface area contributed by atoms with Crippen LogP contribution >= 0.6 is 34.5 Å². The summed E-state index contributed by atoms with van der Waals surface area (Å²) in [5, 5.41) is 7.00. The lowest BCUT2D eigenvalue weighted by Crippen LogP contribution is -2.27. The molecule has 18 heavy (non-hydrogen) atoms. The highest BCUT2D eigenvalue weighted by molar-refractivity contribution is 7.09. The van der Waals surface area contributed by atoms with E-state index < -0.39 is 0 Å². The summed E-state index contributed by atoms with van der Waals surface area (Å²) in [6.07, 6.45) is 1.03. The van der Waals surface area contributed by atoms with Crippen molar-refractivity contribution in [1.29, 1.82) is 0 Å². The SMILES string of the molecule is CC(Cc1cccs1)NCc1c(Cl)cccc1Cl. The molecule has 0 bridgehead atoms. The van der Waals surface area contributed by atoms with Crippen molar-refractivity contribution < 1.29 is 0 Å². The third-order valence-corrected chi connectivity index (χ3v) is 4.38. The lowest BCUT2D eigenvalue weighted by atomic mass is 10.1. The fourth-order valence-electron chi connectivity index (χ4n) is 1.78. The summed E-state index contributed by atoms with van der Waals surface area (Å²) >= 11 is 14.1. The van der Waals surface area contributed by atoms with Gasteiger partial charge in [0.2, 0.25) is 0 Å². The van der Waals surface area contributed by atoms with Crippen LogP contribution in [-0.2, 0) is 13.0 Å². The molecule has 0 aliphatic rings. The zero-order chi connectivity index (χ0) is 13.0. The van der Waals surface area contributed by atoms with Crippen molar-refractivity contribution in [2.45, 2.75) is 25.9 Å². The first-order valence-electron chi connectivity index (χ1n) is 5.85. The highest BCUT2D eigenvalue weighted by Crippen LogP contribution is 2.24. The first-order chi connectivity index (χ1) is 8.66. The Morgan fingerprint density at radius 2 is 1.89 bits per heavy atom. The molecule has 1 unspecified atom stereocenters. The molecule has 1 atom stereocenters. The largest absolute Gasteiger partial charge is 0.310 e. The van der Waals surface area contributed by atoms with Gasteiger partial charge in [-0.25, -0.2) is 0 Å². The Morgan fingerprint density at radius 1 is 1.17 bits per heavy atom. The molecule has 4 heteroatoms. The van der Waals surface area contributed by atoms with Crippen molar-refractivity contribution in [2.24, 2.45) is 0 Å². The Kier molecular flexibility index (Phi) is 5.07. The molecule has 96 valence electrons. The molecule has 1 aromatic heterocycles. The smallest absolute Gasteiger partial charge is 0.0465 e. The molecule has 0 fully saturated rings. The van der Waals surface area contributed by atoms with Gasteiger partial charge in [-0.1, -0.05) is 35.3 Å². The normalized spacial score (nSPS) is 12.6. The summed E-state index contributed by atoms with van der Waals surface area (Å²) in [7, 11) is 0. The molecule has 0 spiro atoms. The van der Waals surface area contributed by atoms with E-state index in [9.17, 15) is 0 Å². The lowest BCUT2D eigenvalue weighted by molar-refractivity contribution is 0.549. The Labute approximate surface area is 122 Å². The van der Waals surface area contributed by atoms with Crippen molar-refractivity contribution in [3.05, 3.63) is 56.2 Å². The third-order valence-electron chi connectivity index (χ3n) is 2.78. The van der Waals surface area contributed by atoms with Gasteiger partial charge in [0.05, 0.1) is 0 Å². The number of nitrogens with one attached hydrogen (secondary N) is 1. The number of hydrogen-bond acceptors (Lipinski definition) is 2. The van der Waals surface area contributed by atoms with E-state index in [1.807, 2.05) is 18.2 Å². The minimum absolute atomic E-state index is 0.399. The van der Waals surface area contributed by atoms with Crippen LogP contribution in [-0.4, -0.2) is 6.04 Å². The Balaban J connectivity index is 1.91. The minimum Gasteiger partial charge on any atom is -0.310 e. The Morgan fingerprint density at radius 3 is 2.50 bits per heavy atom. The van der Waals surface area contributed by atoms with Crippen molar-refractivity contribution in [2.75, 3.05) is 0 Å². The maximum atomic E-state index is 6.13. The van der Waals surface area contributed by atoms with E-state index in [4.69, 9.17) is 23.2 Å². The van der Waals surface area contributed by atoms with Crippen LogP contribution in [0.1, 0.15) is 17.4 Å². The summed E-state index contributed by atoms with van der Waals surface area (Å²) in [6.45, 7) is 2.87. The van der Waals surface area contributed by atoms with Gasteiger partial charge in [-0.3, -0.25) is 0 Å². The van der Waals surface area contributed by atoms with Gasteiger partial charge in [0.1, 0.15) is 0 Å². The van der Waals surface area contributed by atoms with Crippen LogP contribution < -0.4 is 5.32 Å². The summed E-state index contributed by atoms with van der Waals surface area (Å²) in [6, 6.07) is 10.2. The van der Waals surface area contributed by atoms with Crippen LogP contribution in [0.5, 0.6) is 0 Å². The second kappa shape index (κ2) is 6.58. The first-order valence-corrected chi connectivity index (χ1v) is 7.49. The molecule has 0 saturated heterocycles. The second-order valence-corrected chi connectivity index (χ2v) is 6.11. The maximum Gasteiger partial charge on any atom is 0.0465 e. The molecule has 2 rings (SSSR count). The molecular formula is C14H15Cl2NS. The van der Waals surface area contributed by atoms with E-state index in [0.29, 0.717) is 12.6 Å². The van der Waals surface area contributed by atoms with Gasteiger partial charge in [-0.05, 0) is 36.9 Å². The summed E-state index contributed by atoms with van der Waals surface area (Å²) in [4.78, 5) is 1.39. The predicted octanol–water partition coefficient (Wildman–Crippen LogP) is 4.78.